The quantitative estimate of drug-likeness (QED) is 0.541. The van der Waals surface area contributed by atoms with E-state index in [0.29, 0.717) is 5.41 Å². The lowest BCUT2D eigenvalue weighted by atomic mass is 9.84. The van der Waals surface area contributed by atoms with Crippen LogP contribution in [0.25, 0.3) is 0 Å². The van der Waals surface area contributed by atoms with Crippen LogP contribution in [0, 0.1) is 5.41 Å². The van der Waals surface area contributed by atoms with Crippen molar-refractivity contribution in [2.24, 2.45) is 10.4 Å². The molecular formula is C19H37N5O. The van der Waals surface area contributed by atoms with Gasteiger partial charge in [0.2, 0.25) is 5.91 Å². The van der Waals surface area contributed by atoms with Gasteiger partial charge in [-0.3, -0.25) is 14.7 Å². The van der Waals surface area contributed by atoms with Crippen LogP contribution in [0.1, 0.15) is 52.9 Å². The third-order valence-corrected chi connectivity index (χ3v) is 5.87. The largest absolute Gasteiger partial charge is 0.357 e. The Morgan fingerprint density at radius 2 is 1.76 bits per heavy atom. The number of guanidine groups is 1. The molecule has 6 heteroatoms. The first kappa shape index (κ1) is 20.0. The Morgan fingerprint density at radius 1 is 1.08 bits per heavy atom. The molecule has 2 aliphatic rings. The molecule has 2 N–H and O–H groups in total. The van der Waals surface area contributed by atoms with Gasteiger partial charge in [-0.1, -0.05) is 19.8 Å². The van der Waals surface area contributed by atoms with Gasteiger partial charge in [0.15, 0.2) is 5.96 Å². The first-order chi connectivity index (χ1) is 12.1. The van der Waals surface area contributed by atoms with Crippen LogP contribution in [-0.2, 0) is 4.79 Å². The van der Waals surface area contributed by atoms with E-state index in [-0.39, 0.29) is 5.91 Å². The van der Waals surface area contributed by atoms with Crippen molar-refractivity contribution in [3.05, 3.63) is 0 Å². The molecule has 0 aromatic rings. The minimum absolute atomic E-state index is 0.191. The summed E-state index contributed by atoms with van der Waals surface area (Å²) in [6, 6.07) is 0. The molecule has 0 bridgehead atoms. The van der Waals surface area contributed by atoms with E-state index in [4.69, 9.17) is 4.99 Å². The minimum Gasteiger partial charge on any atom is -0.357 e. The van der Waals surface area contributed by atoms with Gasteiger partial charge in [-0.2, -0.15) is 0 Å². The van der Waals surface area contributed by atoms with Gasteiger partial charge in [0, 0.05) is 59.3 Å². The molecule has 0 aromatic heterocycles. The lowest BCUT2D eigenvalue weighted by Gasteiger charge is -2.34. The number of aliphatic imine (C=N–C) groups is 1. The number of amides is 1. The van der Waals surface area contributed by atoms with Gasteiger partial charge in [0.25, 0.3) is 0 Å². The Kier molecular flexibility index (Phi) is 8.00. The fourth-order valence-electron chi connectivity index (χ4n) is 3.96. The SMILES string of the molecule is CCNC(=NCC1(CC)CCCC1)NCCN1CCN(C(C)=O)CC1. The van der Waals surface area contributed by atoms with Crippen molar-refractivity contribution in [2.45, 2.75) is 52.9 Å². The highest BCUT2D eigenvalue weighted by molar-refractivity contribution is 5.79. The Balaban J connectivity index is 1.74. The number of carbonyl (C=O) groups excluding carboxylic acids is 1. The third kappa shape index (κ3) is 6.17. The van der Waals surface area contributed by atoms with Crippen molar-refractivity contribution in [1.82, 2.24) is 20.4 Å². The second-order valence-corrected chi connectivity index (χ2v) is 7.53. The molecule has 6 nitrogen and oxygen atoms in total. The van der Waals surface area contributed by atoms with E-state index < -0.39 is 0 Å². The summed E-state index contributed by atoms with van der Waals surface area (Å²) in [5.74, 6) is 1.14. The van der Waals surface area contributed by atoms with Crippen molar-refractivity contribution in [2.75, 3.05) is 52.4 Å². The van der Waals surface area contributed by atoms with E-state index in [1.807, 2.05) is 4.90 Å². The smallest absolute Gasteiger partial charge is 0.219 e. The first-order valence-electron chi connectivity index (χ1n) is 10.1. The van der Waals surface area contributed by atoms with E-state index >= 15 is 0 Å². The average Bonchev–Trinajstić information content (AvgIpc) is 3.09. The molecule has 0 radical (unpaired) electrons. The summed E-state index contributed by atoms with van der Waals surface area (Å²) in [5.41, 5.74) is 0.436. The number of nitrogens with zero attached hydrogens (tertiary/aromatic N) is 3. The average molecular weight is 352 g/mol. The summed E-state index contributed by atoms with van der Waals surface area (Å²) >= 11 is 0. The van der Waals surface area contributed by atoms with Gasteiger partial charge in [-0.05, 0) is 31.6 Å². The molecule has 0 spiro atoms. The Hall–Kier alpha value is -1.30. The topological polar surface area (TPSA) is 60.0 Å². The standard InChI is InChI=1S/C19H37N5O/c1-4-19(8-6-7-9-19)16-22-18(20-5-2)21-10-11-23-12-14-24(15-13-23)17(3)25/h4-16H2,1-3H3,(H2,20,21,22). The summed E-state index contributed by atoms with van der Waals surface area (Å²) in [5, 5.41) is 6.86. The molecule has 1 aliphatic carbocycles. The van der Waals surface area contributed by atoms with E-state index in [0.717, 1.165) is 58.3 Å². The summed E-state index contributed by atoms with van der Waals surface area (Å²) in [7, 11) is 0. The van der Waals surface area contributed by atoms with Crippen molar-refractivity contribution in [3.8, 4) is 0 Å². The molecule has 2 rings (SSSR count). The molecule has 0 unspecified atom stereocenters. The van der Waals surface area contributed by atoms with Gasteiger partial charge in [-0.25, -0.2) is 0 Å². The van der Waals surface area contributed by atoms with E-state index in [1.165, 1.54) is 32.1 Å². The van der Waals surface area contributed by atoms with Crippen LogP contribution >= 0.6 is 0 Å². The van der Waals surface area contributed by atoms with Crippen LogP contribution in [0.2, 0.25) is 0 Å². The summed E-state index contributed by atoms with van der Waals surface area (Å²) in [6.45, 7) is 13.4. The van der Waals surface area contributed by atoms with Crippen LogP contribution in [0.4, 0.5) is 0 Å². The molecule has 0 atom stereocenters. The highest BCUT2D eigenvalue weighted by atomic mass is 16.2. The molecule has 25 heavy (non-hydrogen) atoms. The van der Waals surface area contributed by atoms with Crippen LogP contribution < -0.4 is 10.6 Å². The van der Waals surface area contributed by atoms with E-state index in [9.17, 15) is 4.79 Å². The molecule has 2 fully saturated rings. The minimum atomic E-state index is 0.191. The third-order valence-electron chi connectivity index (χ3n) is 5.87. The summed E-state index contributed by atoms with van der Waals surface area (Å²) in [6.07, 6.45) is 6.61. The van der Waals surface area contributed by atoms with Crippen molar-refractivity contribution in [1.29, 1.82) is 0 Å². The molecule has 1 saturated heterocycles. The first-order valence-corrected chi connectivity index (χ1v) is 10.1. The van der Waals surface area contributed by atoms with Crippen LogP contribution in [0.5, 0.6) is 0 Å². The Labute approximate surface area is 153 Å². The monoisotopic (exact) mass is 351 g/mol. The number of hydrogen-bond donors (Lipinski definition) is 2. The molecule has 1 amide bonds. The van der Waals surface area contributed by atoms with Crippen molar-refractivity contribution < 1.29 is 4.79 Å². The number of piperazine rings is 1. The van der Waals surface area contributed by atoms with E-state index in [1.54, 1.807) is 6.92 Å². The maximum Gasteiger partial charge on any atom is 0.219 e. The van der Waals surface area contributed by atoms with Crippen molar-refractivity contribution in [3.63, 3.8) is 0 Å². The molecular weight excluding hydrogens is 314 g/mol. The van der Waals surface area contributed by atoms with E-state index in [2.05, 4.69) is 29.4 Å². The second kappa shape index (κ2) is 10.00. The fraction of sp³-hybridized carbons (Fsp3) is 0.895. The van der Waals surface area contributed by atoms with Gasteiger partial charge >= 0.3 is 0 Å². The number of rotatable bonds is 7. The Morgan fingerprint density at radius 3 is 2.32 bits per heavy atom. The lowest BCUT2D eigenvalue weighted by molar-refractivity contribution is -0.130. The zero-order valence-corrected chi connectivity index (χ0v) is 16.4. The maximum atomic E-state index is 11.4. The lowest BCUT2D eigenvalue weighted by Crippen LogP contribution is -2.50. The van der Waals surface area contributed by atoms with Gasteiger partial charge in [-0.15, -0.1) is 0 Å². The fourth-order valence-corrected chi connectivity index (χ4v) is 3.96. The summed E-state index contributed by atoms with van der Waals surface area (Å²) in [4.78, 5) is 20.6. The molecule has 1 heterocycles. The van der Waals surface area contributed by atoms with Crippen LogP contribution in [0.15, 0.2) is 4.99 Å². The molecule has 1 saturated carbocycles. The van der Waals surface area contributed by atoms with Crippen LogP contribution in [-0.4, -0.2) is 74.0 Å². The number of hydrogen-bond acceptors (Lipinski definition) is 3. The highest BCUT2D eigenvalue weighted by Gasteiger charge is 2.31. The molecule has 1 aliphatic heterocycles. The van der Waals surface area contributed by atoms with Gasteiger partial charge < -0.3 is 15.5 Å². The van der Waals surface area contributed by atoms with Gasteiger partial charge in [0.1, 0.15) is 0 Å². The zero-order valence-electron chi connectivity index (χ0n) is 16.4. The maximum absolute atomic E-state index is 11.4. The molecule has 144 valence electrons. The molecule has 0 aromatic carbocycles. The number of carbonyl (C=O) groups is 1. The highest BCUT2D eigenvalue weighted by Crippen LogP contribution is 2.41. The van der Waals surface area contributed by atoms with Crippen LogP contribution in [0.3, 0.4) is 0 Å². The Bertz CT molecular complexity index is 437. The number of nitrogens with one attached hydrogen (secondary N) is 2. The zero-order chi connectivity index (χ0) is 18.1. The predicted octanol–water partition coefficient (Wildman–Crippen LogP) is 1.68. The summed E-state index contributed by atoms with van der Waals surface area (Å²) < 4.78 is 0. The predicted molar refractivity (Wildman–Crippen MR) is 104 cm³/mol. The second-order valence-electron chi connectivity index (χ2n) is 7.53. The van der Waals surface area contributed by atoms with Gasteiger partial charge in [0.05, 0.1) is 0 Å². The normalized spacial score (nSPS) is 21.4. The van der Waals surface area contributed by atoms with Crippen molar-refractivity contribution >= 4 is 11.9 Å².